The number of hydrogen-bond donors (Lipinski definition) is 0. The second kappa shape index (κ2) is 6.33. The van der Waals surface area contributed by atoms with Gasteiger partial charge in [0.25, 0.3) is 0 Å². The molecule has 0 atom stereocenters. The molecule has 4 rings (SSSR count). The van der Waals surface area contributed by atoms with Crippen LogP contribution in [-0.2, 0) is 16.6 Å². The highest BCUT2D eigenvalue weighted by atomic mass is 32.2. The number of hydrogen-bond acceptors (Lipinski definition) is 4. The van der Waals surface area contributed by atoms with Crippen molar-refractivity contribution >= 4 is 15.7 Å². The molecule has 136 valence electrons. The first-order valence-electron chi connectivity index (χ1n) is 8.30. The highest BCUT2D eigenvalue weighted by Crippen LogP contribution is 2.23. The van der Waals surface area contributed by atoms with Crippen LogP contribution in [0.2, 0.25) is 0 Å². The molecule has 0 bridgehead atoms. The topological polar surface area (TPSA) is 76.7 Å². The maximum Gasteiger partial charge on any atom is 0.350 e. The smallest absolute Gasteiger partial charge is 0.249 e. The predicted octanol–water partition coefficient (Wildman–Crippen LogP) is 1.47. The molecule has 1 aromatic carbocycles. The Morgan fingerprint density at radius 1 is 1.08 bits per heavy atom. The zero-order valence-electron chi connectivity index (χ0n) is 13.9. The van der Waals surface area contributed by atoms with E-state index in [0.29, 0.717) is 18.7 Å². The van der Waals surface area contributed by atoms with Crippen molar-refractivity contribution in [3.05, 3.63) is 64.5 Å². The summed E-state index contributed by atoms with van der Waals surface area (Å²) in [5.41, 5.74) is -0.149. The molecule has 0 spiro atoms. The van der Waals surface area contributed by atoms with Gasteiger partial charge in [-0.3, -0.25) is 0 Å². The molecule has 3 aromatic rings. The van der Waals surface area contributed by atoms with Gasteiger partial charge in [-0.1, -0.05) is 18.2 Å². The summed E-state index contributed by atoms with van der Waals surface area (Å²) >= 11 is 0. The summed E-state index contributed by atoms with van der Waals surface area (Å²) in [5, 5.41) is 4.18. The van der Waals surface area contributed by atoms with Crippen molar-refractivity contribution in [1.29, 1.82) is 0 Å². The molecule has 7 nitrogen and oxygen atoms in total. The maximum absolute atomic E-state index is 13.9. The van der Waals surface area contributed by atoms with Crippen molar-refractivity contribution in [1.82, 2.24) is 18.5 Å². The zero-order valence-corrected chi connectivity index (χ0v) is 14.7. The molecule has 0 amide bonds. The lowest BCUT2D eigenvalue weighted by Gasteiger charge is -2.15. The van der Waals surface area contributed by atoms with Crippen molar-refractivity contribution in [2.24, 2.45) is 0 Å². The van der Waals surface area contributed by atoms with Gasteiger partial charge in [-0.15, -0.1) is 5.10 Å². The molecular formula is C17H17FN4O3S. The van der Waals surface area contributed by atoms with E-state index in [-0.39, 0.29) is 17.1 Å². The van der Waals surface area contributed by atoms with E-state index in [9.17, 15) is 17.6 Å². The lowest BCUT2D eigenvalue weighted by atomic mass is 10.2. The van der Waals surface area contributed by atoms with Crippen LogP contribution >= 0.6 is 0 Å². The summed E-state index contributed by atoms with van der Waals surface area (Å²) < 4.78 is 43.3. The minimum atomic E-state index is -3.73. The Morgan fingerprint density at radius 2 is 1.81 bits per heavy atom. The van der Waals surface area contributed by atoms with E-state index in [0.717, 1.165) is 17.5 Å². The molecule has 26 heavy (non-hydrogen) atoms. The van der Waals surface area contributed by atoms with Crippen LogP contribution in [0.4, 0.5) is 4.39 Å². The highest BCUT2D eigenvalue weighted by Gasteiger charge is 2.30. The first kappa shape index (κ1) is 16.9. The zero-order chi connectivity index (χ0) is 18.3. The first-order chi connectivity index (χ1) is 12.5. The number of nitrogens with zero attached hydrogens (tertiary/aromatic N) is 4. The second-order valence-electron chi connectivity index (χ2n) is 6.21. The number of fused-ring (bicyclic) bond motifs is 1. The molecule has 0 aliphatic carbocycles. The summed E-state index contributed by atoms with van der Waals surface area (Å²) in [7, 11) is -3.73. The van der Waals surface area contributed by atoms with E-state index in [2.05, 4.69) is 5.10 Å². The van der Waals surface area contributed by atoms with Gasteiger partial charge in [-0.05, 0) is 31.0 Å². The normalized spacial score (nSPS) is 15.7. The average molecular weight is 376 g/mol. The predicted molar refractivity (Wildman–Crippen MR) is 92.9 cm³/mol. The fraction of sp³-hybridized carbons (Fsp3) is 0.294. The van der Waals surface area contributed by atoms with Crippen molar-refractivity contribution in [2.75, 3.05) is 13.1 Å². The van der Waals surface area contributed by atoms with Gasteiger partial charge in [-0.2, -0.15) is 4.31 Å². The van der Waals surface area contributed by atoms with Crippen LogP contribution in [0.5, 0.6) is 0 Å². The Morgan fingerprint density at radius 3 is 2.54 bits per heavy atom. The minimum Gasteiger partial charge on any atom is -0.249 e. The van der Waals surface area contributed by atoms with E-state index in [4.69, 9.17) is 0 Å². The summed E-state index contributed by atoms with van der Waals surface area (Å²) in [6, 6.07) is 9.05. The van der Waals surface area contributed by atoms with Gasteiger partial charge in [0.2, 0.25) is 10.0 Å². The second-order valence-corrected chi connectivity index (χ2v) is 8.12. The summed E-state index contributed by atoms with van der Waals surface area (Å²) in [4.78, 5) is 12.6. The summed E-state index contributed by atoms with van der Waals surface area (Å²) in [6.45, 7) is 0.851. The number of rotatable bonds is 4. The third-order valence-corrected chi connectivity index (χ3v) is 6.45. The van der Waals surface area contributed by atoms with Gasteiger partial charge in [-0.25, -0.2) is 26.7 Å². The molecule has 1 aliphatic rings. The molecule has 2 aromatic heterocycles. The van der Waals surface area contributed by atoms with Crippen LogP contribution in [0.15, 0.2) is 52.3 Å². The van der Waals surface area contributed by atoms with Crippen LogP contribution in [0.1, 0.15) is 18.4 Å². The lowest BCUT2D eigenvalue weighted by Crippen LogP contribution is -2.28. The Labute approximate surface area is 149 Å². The van der Waals surface area contributed by atoms with E-state index < -0.39 is 21.5 Å². The Bertz CT molecular complexity index is 1130. The van der Waals surface area contributed by atoms with Crippen LogP contribution < -0.4 is 5.69 Å². The van der Waals surface area contributed by atoms with Crippen molar-refractivity contribution in [2.45, 2.75) is 24.3 Å². The van der Waals surface area contributed by atoms with Crippen molar-refractivity contribution in [3.8, 4) is 0 Å². The van der Waals surface area contributed by atoms with Gasteiger partial charge in [0.15, 0.2) is 5.65 Å². The van der Waals surface area contributed by atoms with Crippen LogP contribution in [0.3, 0.4) is 0 Å². The Kier molecular flexibility index (Phi) is 4.12. The van der Waals surface area contributed by atoms with Gasteiger partial charge in [0.1, 0.15) is 10.7 Å². The Balaban J connectivity index is 1.83. The SMILES string of the molecule is O=c1n(Cc2ccccc2F)nc2c(S(=O)(=O)N3CCCC3)cccn12. The number of benzene rings is 1. The van der Waals surface area contributed by atoms with Crippen molar-refractivity contribution in [3.63, 3.8) is 0 Å². The molecule has 0 saturated carbocycles. The highest BCUT2D eigenvalue weighted by molar-refractivity contribution is 7.89. The van der Waals surface area contributed by atoms with Crippen LogP contribution in [0, 0.1) is 5.82 Å². The fourth-order valence-corrected chi connectivity index (χ4v) is 4.81. The molecule has 9 heteroatoms. The standard InChI is InChI=1S/C17H17FN4O3S/c18-14-7-2-1-6-13(14)12-22-17(23)21-11-5-8-15(16(21)19-22)26(24,25)20-9-3-4-10-20/h1-2,5-8,11H,3-4,9-10,12H2. The van der Waals surface area contributed by atoms with Crippen LogP contribution in [-0.4, -0.2) is 40.0 Å². The van der Waals surface area contributed by atoms with Gasteiger partial charge in [0.05, 0.1) is 6.54 Å². The molecular weight excluding hydrogens is 359 g/mol. The molecule has 0 radical (unpaired) electrons. The van der Waals surface area contributed by atoms with Crippen LogP contribution in [0.25, 0.3) is 5.65 Å². The van der Waals surface area contributed by atoms with Crippen molar-refractivity contribution < 1.29 is 12.8 Å². The summed E-state index contributed by atoms with van der Waals surface area (Å²) in [5.74, 6) is -0.443. The van der Waals surface area contributed by atoms with Gasteiger partial charge >= 0.3 is 5.69 Å². The Hall–Kier alpha value is -2.52. The third kappa shape index (κ3) is 2.73. The quantitative estimate of drug-likeness (QED) is 0.691. The monoisotopic (exact) mass is 376 g/mol. The van der Waals surface area contributed by atoms with E-state index in [1.54, 1.807) is 18.2 Å². The third-order valence-electron chi connectivity index (χ3n) is 4.53. The van der Waals surface area contributed by atoms with E-state index >= 15 is 0 Å². The molecule has 1 saturated heterocycles. The minimum absolute atomic E-state index is 0.00807. The molecule has 3 heterocycles. The molecule has 1 aliphatic heterocycles. The first-order valence-corrected chi connectivity index (χ1v) is 9.74. The fourth-order valence-electron chi connectivity index (χ4n) is 3.17. The van der Waals surface area contributed by atoms with Gasteiger partial charge in [0, 0.05) is 24.8 Å². The molecule has 0 N–H and O–H groups in total. The average Bonchev–Trinajstić information content (AvgIpc) is 3.27. The largest absolute Gasteiger partial charge is 0.350 e. The summed E-state index contributed by atoms with van der Waals surface area (Å²) in [6.07, 6.45) is 3.10. The number of sulfonamides is 1. The number of halogens is 1. The molecule has 0 unspecified atom stereocenters. The van der Waals surface area contributed by atoms with Gasteiger partial charge < -0.3 is 0 Å². The molecule has 1 fully saturated rings. The number of pyridine rings is 1. The van der Waals surface area contributed by atoms with E-state index in [1.807, 2.05) is 0 Å². The van der Waals surface area contributed by atoms with E-state index in [1.165, 1.54) is 33.1 Å². The number of aromatic nitrogens is 3. The maximum atomic E-state index is 13.9. The lowest BCUT2D eigenvalue weighted by molar-refractivity contribution is 0.477.